The van der Waals surface area contributed by atoms with E-state index in [2.05, 4.69) is 52.3 Å². The molecule has 202 valence electrons. The number of imide groups is 1. The molecule has 1 aromatic carbocycles. The average molecular weight is 518 g/mol. The Labute approximate surface area is 227 Å². The molecular formula is C27H40B2N6O3. The van der Waals surface area contributed by atoms with Crippen molar-refractivity contribution in [2.75, 3.05) is 51.2 Å². The number of hydrogen-bond acceptors (Lipinski definition) is 7. The van der Waals surface area contributed by atoms with Gasteiger partial charge in [-0.3, -0.25) is 19.7 Å². The Kier molecular flexibility index (Phi) is 8.23. The number of amides is 3. The normalized spacial score (nSPS) is 26.4. The summed E-state index contributed by atoms with van der Waals surface area (Å²) in [5.74, 6) is -0.730. The summed E-state index contributed by atoms with van der Waals surface area (Å²) < 4.78 is 2.26. The van der Waals surface area contributed by atoms with Gasteiger partial charge in [0.05, 0.1) is 0 Å². The topological polar surface area (TPSA) is 79.4 Å². The van der Waals surface area contributed by atoms with Gasteiger partial charge in [0.15, 0.2) is 0 Å². The molecule has 2 saturated heterocycles. The maximum atomic E-state index is 13.2. The minimum atomic E-state index is -0.577. The summed E-state index contributed by atoms with van der Waals surface area (Å²) in [4.78, 5) is 46.3. The van der Waals surface area contributed by atoms with Crippen LogP contribution < -0.4 is 10.2 Å². The van der Waals surface area contributed by atoms with Crippen LogP contribution in [0.15, 0.2) is 18.2 Å². The standard InChI is InChI=1S/C27H40B2N6O3/c1-29-35(28)20-8-6-19(7-9-20)31(2)12-13-32-14-16-33(17-15-32)23-5-3-4-21-22(23)18-34(27(21)38)24-10-11-25(36)30-26(24)37/h3-5,19-20,24H,1,6-18,28H2,2H3,(H,30,36,37). The summed E-state index contributed by atoms with van der Waals surface area (Å²) in [6.07, 6.45) is 5.64. The number of nitrogens with zero attached hydrogens (tertiary/aromatic N) is 5. The number of benzene rings is 1. The van der Waals surface area contributed by atoms with Gasteiger partial charge in [0.1, 0.15) is 6.04 Å². The second kappa shape index (κ2) is 11.6. The van der Waals surface area contributed by atoms with Crippen molar-refractivity contribution in [2.45, 2.75) is 63.2 Å². The van der Waals surface area contributed by atoms with Gasteiger partial charge in [-0.25, -0.2) is 0 Å². The van der Waals surface area contributed by atoms with Crippen LogP contribution in [0, 0.1) is 0 Å². The van der Waals surface area contributed by atoms with Gasteiger partial charge >= 0.3 is 125 Å². The van der Waals surface area contributed by atoms with Crippen LogP contribution in [0.25, 0.3) is 0 Å². The Morgan fingerprint density at radius 3 is 2.45 bits per heavy atom. The zero-order valence-electron chi connectivity index (χ0n) is 22.9. The molecule has 1 aromatic rings. The van der Waals surface area contributed by atoms with Gasteiger partial charge < -0.3 is 4.90 Å². The molecule has 1 N–H and O–H groups in total. The molecule has 3 aliphatic heterocycles. The molecule has 3 amide bonds. The predicted molar refractivity (Wildman–Crippen MR) is 153 cm³/mol. The predicted octanol–water partition coefficient (Wildman–Crippen LogP) is -0.286. The third-order valence-corrected chi connectivity index (χ3v) is 9.19. The number of anilines is 1. The first-order chi connectivity index (χ1) is 18.4. The molecule has 3 fully saturated rings. The first kappa shape index (κ1) is 26.9. The van der Waals surface area contributed by atoms with E-state index in [-0.39, 0.29) is 24.1 Å². The second-order valence-electron chi connectivity index (χ2n) is 11.3. The second-order valence-corrected chi connectivity index (χ2v) is 11.3. The summed E-state index contributed by atoms with van der Waals surface area (Å²) >= 11 is 0. The number of piperazine rings is 1. The number of carbonyl (C=O) groups excluding carboxylic acids is 3. The number of piperidine rings is 1. The third kappa shape index (κ3) is 5.54. The van der Waals surface area contributed by atoms with E-state index >= 15 is 0 Å². The van der Waals surface area contributed by atoms with Gasteiger partial charge in [0.25, 0.3) is 5.91 Å². The van der Waals surface area contributed by atoms with E-state index in [9.17, 15) is 14.4 Å². The first-order valence-corrected chi connectivity index (χ1v) is 14.1. The van der Waals surface area contributed by atoms with E-state index in [1.165, 1.54) is 25.7 Å². The van der Waals surface area contributed by atoms with Gasteiger partial charge in [-0.1, -0.05) is 6.07 Å². The first-order valence-electron chi connectivity index (χ1n) is 14.1. The molecule has 11 heteroatoms. The van der Waals surface area contributed by atoms with E-state index in [1.807, 2.05) is 19.2 Å². The van der Waals surface area contributed by atoms with Gasteiger partial charge in [0, 0.05) is 29.8 Å². The van der Waals surface area contributed by atoms with Crippen LogP contribution >= 0.6 is 0 Å². The number of nitrogens with one attached hydrogen (secondary N) is 1. The Morgan fingerprint density at radius 2 is 1.76 bits per heavy atom. The maximum absolute atomic E-state index is 13.2. The van der Waals surface area contributed by atoms with E-state index in [1.54, 1.807) is 4.90 Å². The van der Waals surface area contributed by atoms with Crippen molar-refractivity contribution in [1.29, 1.82) is 0 Å². The molecule has 3 heterocycles. The van der Waals surface area contributed by atoms with E-state index in [4.69, 9.17) is 0 Å². The van der Waals surface area contributed by atoms with Crippen molar-refractivity contribution in [1.82, 2.24) is 24.7 Å². The molecule has 0 bridgehead atoms. The molecule has 9 nitrogen and oxygen atoms in total. The van der Waals surface area contributed by atoms with Crippen LogP contribution in [0.1, 0.15) is 54.4 Å². The number of hydrogen-bond donors (Lipinski definition) is 1. The fourth-order valence-electron chi connectivity index (χ4n) is 6.61. The van der Waals surface area contributed by atoms with Crippen LogP contribution in [0.5, 0.6) is 0 Å². The van der Waals surface area contributed by atoms with Gasteiger partial charge in [-0.05, 0) is 18.6 Å². The van der Waals surface area contributed by atoms with E-state index in [0.717, 1.165) is 50.5 Å². The number of carbonyl (C=O) groups is 3. The number of likely N-dealkylation sites (N-methyl/N-ethyl adjacent to an activating group) is 1. The Morgan fingerprint density at radius 1 is 1.05 bits per heavy atom. The van der Waals surface area contributed by atoms with Crippen molar-refractivity contribution in [3.8, 4) is 0 Å². The van der Waals surface area contributed by atoms with Crippen LogP contribution in [0.2, 0.25) is 0 Å². The molecule has 5 rings (SSSR count). The fraction of sp³-hybridized carbons (Fsp3) is 0.630. The summed E-state index contributed by atoms with van der Waals surface area (Å²) in [5, 5.41) is 2.39. The number of fused-ring (bicyclic) bond motifs is 1. The van der Waals surface area contributed by atoms with Crippen molar-refractivity contribution >= 4 is 44.9 Å². The van der Waals surface area contributed by atoms with Crippen LogP contribution in [0.4, 0.5) is 5.69 Å². The third-order valence-electron chi connectivity index (χ3n) is 9.19. The monoisotopic (exact) mass is 518 g/mol. The molecule has 1 saturated carbocycles. The molecule has 0 radical (unpaired) electrons. The van der Waals surface area contributed by atoms with Crippen molar-refractivity contribution in [3.05, 3.63) is 29.3 Å². The fourth-order valence-corrected chi connectivity index (χ4v) is 6.61. The van der Waals surface area contributed by atoms with Gasteiger partial charge in [-0.2, -0.15) is 0 Å². The number of rotatable bonds is 8. The van der Waals surface area contributed by atoms with E-state index < -0.39 is 6.04 Å². The summed E-state index contributed by atoms with van der Waals surface area (Å²) in [6, 6.07) is 6.64. The zero-order valence-corrected chi connectivity index (χ0v) is 22.9. The molecule has 0 spiro atoms. The van der Waals surface area contributed by atoms with E-state index in [0.29, 0.717) is 30.6 Å². The summed E-state index contributed by atoms with van der Waals surface area (Å²) in [7, 11) is 6.36. The van der Waals surface area contributed by atoms with Crippen LogP contribution in [-0.4, -0.2) is 123 Å². The Balaban J connectivity index is 1.12. The van der Waals surface area contributed by atoms with Gasteiger partial charge in [0.2, 0.25) is 11.8 Å². The van der Waals surface area contributed by atoms with Crippen molar-refractivity contribution < 1.29 is 14.4 Å². The molecular weight excluding hydrogens is 478 g/mol. The Hall–Kier alpha value is -2.65. The van der Waals surface area contributed by atoms with Crippen LogP contribution in [-0.2, 0) is 16.1 Å². The molecule has 0 aromatic heterocycles. The van der Waals surface area contributed by atoms with Crippen molar-refractivity contribution in [3.63, 3.8) is 0 Å². The van der Waals surface area contributed by atoms with Gasteiger partial charge in [-0.15, -0.1) is 0 Å². The SMILES string of the molecule is BN(B=C)C1CCC(N(C)CCN2CCN(c3cccc4c3CN(C3CCC(=O)NC3=O)C4=O)CC2)CC1. The molecule has 4 aliphatic rings. The Bertz CT molecular complexity index is 1070. The summed E-state index contributed by atoms with van der Waals surface area (Å²) in [5.41, 5.74) is 2.79. The molecule has 1 atom stereocenters. The molecule has 1 aliphatic carbocycles. The quantitative estimate of drug-likeness (QED) is 0.375. The van der Waals surface area contributed by atoms with Crippen LogP contribution in [0.3, 0.4) is 0 Å². The summed E-state index contributed by atoms with van der Waals surface area (Å²) in [6.45, 7) is 10.3. The minimum absolute atomic E-state index is 0.108. The molecule has 1 unspecified atom stereocenters. The zero-order chi connectivity index (χ0) is 26.8. The average Bonchev–Trinajstić information content (AvgIpc) is 3.27. The molecule has 38 heavy (non-hydrogen) atoms. The van der Waals surface area contributed by atoms with Crippen molar-refractivity contribution in [2.24, 2.45) is 0 Å².